The molecule has 1 rings (SSSR count). The number of carbonyl (C=O) groups is 1. The average Bonchev–Trinajstić information content (AvgIpc) is 2.09. The van der Waals surface area contributed by atoms with Gasteiger partial charge >= 0.3 is 5.97 Å². The highest BCUT2D eigenvalue weighted by Crippen LogP contribution is 2.19. The lowest BCUT2D eigenvalue weighted by Gasteiger charge is -2.04. The van der Waals surface area contributed by atoms with Crippen molar-refractivity contribution in [3.05, 3.63) is 24.3 Å². The van der Waals surface area contributed by atoms with Crippen molar-refractivity contribution in [3.63, 3.8) is 0 Å². The molecule has 0 amide bonds. The topological polar surface area (TPSA) is 52.3 Å². The molecule has 0 aliphatic carbocycles. The molecule has 0 saturated heterocycles. The largest absolute Gasteiger partial charge is 0.424 e. The van der Waals surface area contributed by atoms with Gasteiger partial charge in [-0.25, -0.2) is 0 Å². The Morgan fingerprint density at radius 2 is 2.08 bits per heavy atom. The maximum Gasteiger partial charge on any atom is 0.310 e. The predicted molar refractivity (Wildman–Crippen MR) is 54.0 cm³/mol. The summed E-state index contributed by atoms with van der Waals surface area (Å²) in [5.74, 6) is 0.164. The summed E-state index contributed by atoms with van der Waals surface area (Å²) in [5.41, 5.74) is 6.03. The maximum atomic E-state index is 10.9. The van der Waals surface area contributed by atoms with Gasteiger partial charge < -0.3 is 10.5 Å². The number of rotatable bonds is 2. The van der Waals surface area contributed by atoms with Crippen LogP contribution in [0.5, 0.6) is 5.75 Å². The molecule has 0 spiro atoms. The van der Waals surface area contributed by atoms with Gasteiger partial charge in [-0.1, -0.05) is 19.1 Å². The molecule has 0 heterocycles. The lowest BCUT2D eigenvalue weighted by atomic mass is 10.3. The van der Waals surface area contributed by atoms with E-state index in [1.807, 2.05) is 0 Å². The summed E-state index contributed by atoms with van der Waals surface area (Å²) in [4.78, 5) is 10.9. The molecular formula is C9H12ClNO2. The van der Waals surface area contributed by atoms with Crippen LogP contribution in [0.2, 0.25) is 0 Å². The highest BCUT2D eigenvalue weighted by Gasteiger charge is 2.03. The number of carbonyl (C=O) groups excluding carboxylic acids is 1. The lowest BCUT2D eigenvalue weighted by molar-refractivity contribution is -0.133. The molecule has 1 aromatic carbocycles. The number of anilines is 1. The van der Waals surface area contributed by atoms with E-state index in [1.54, 1.807) is 31.2 Å². The lowest BCUT2D eigenvalue weighted by Crippen LogP contribution is -2.06. The van der Waals surface area contributed by atoms with E-state index < -0.39 is 0 Å². The Bertz CT molecular complexity index is 289. The molecule has 1 aromatic rings. The molecule has 0 fully saturated rings. The van der Waals surface area contributed by atoms with Crippen LogP contribution in [0.4, 0.5) is 5.69 Å². The second-order valence-corrected chi connectivity index (χ2v) is 2.37. The van der Waals surface area contributed by atoms with Gasteiger partial charge in [0, 0.05) is 6.42 Å². The fraction of sp³-hybridized carbons (Fsp3) is 0.222. The highest BCUT2D eigenvalue weighted by atomic mass is 35.5. The van der Waals surface area contributed by atoms with Crippen LogP contribution in [0.1, 0.15) is 13.3 Å². The van der Waals surface area contributed by atoms with Gasteiger partial charge in [-0.05, 0) is 12.1 Å². The van der Waals surface area contributed by atoms with Crippen LogP contribution in [-0.2, 0) is 4.79 Å². The standard InChI is InChI=1S/C9H11NO2.ClH/c1-2-9(11)12-8-6-4-3-5-7(8)10;/h3-6H,2,10H2,1H3;1H. The highest BCUT2D eigenvalue weighted by molar-refractivity contribution is 5.85. The summed E-state index contributed by atoms with van der Waals surface area (Å²) < 4.78 is 4.93. The van der Waals surface area contributed by atoms with Crippen LogP contribution in [0.15, 0.2) is 24.3 Å². The number of hydrogen-bond donors (Lipinski definition) is 1. The SMILES string of the molecule is CCC(=O)Oc1ccccc1N.Cl. The Morgan fingerprint density at radius 3 is 2.62 bits per heavy atom. The Balaban J connectivity index is 0.00000144. The van der Waals surface area contributed by atoms with E-state index in [9.17, 15) is 4.79 Å². The minimum atomic E-state index is -0.270. The Hall–Kier alpha value is -1.22. The normalized spacial score (nSPS) is 8.69. The smallest absolute Gasteiger partial charge is 0.310 e. The zero-order valence-corrected chi connectivity index (χ0v) is 8.14. The van der Waals surface area contributed by atoms with Crippen LogP contribution in [0.25, 0.3) is 0 Å². The molecule has 0 unspecified atom stereocenters. The van der Waals surface area contributed by atoms with E-state index >= 15 is 0 Å². The molecule has 2 N–H and O–H groups in total. The van der Waals surface area contributed by atoms with Gasteiger partial charge in [0.1, 0.15) is 0 Å². The minimum absolute atomic E-state index is 0. The first-order valence-corrected chi connectivity index (χ1v) is 3.79. The van der Waals surface area contributed by atoms with E-state index in [4.69, 9.17) is 10.5 Å². The number of halogens is 1. The molecule has 0 aliphatic heterocycles. The van der Waals surface area contributed by atoms with Gasteiger partial charge in [0.15, 0.2) is 5.75 Å². The molecule has 0 aliphatic rings. The van der Waals surface area contributed by atoms with Gasteiger partial charge in [0.05, 0.1) is 5.69 Å². The summed E-state index contributed by atoms with van der Waals surface area (Å²) in [6, 6.07) is 6.93. The van der Waals surface area contributed by atoms with E-state index in [0.29, 0.717) is 17.9 Å². The van der Waals surface area contributed by atoms with Crippen LogP contribution in [0, 0.1) is 0 Å². The summed E-state index contributed by atoms with van der Waals surface area (Å²) in [5, 5.41) is 0. The predicted octanol–water partition coefficient (Wildman–Crippen LogP) is 2.01. The molecule has 72 valence electrons. The second kappa shape index (κ2) is 5.43. The molecule has 0 aromatic heterocycles. The molecule has 0 radical (unpaired) electrons. The zero-order chi connectivity index (χ0) is 8.97. The van der Waals surface area contributed by atoms with Crippen molar-refractivity contribution in [1.82, 2.24) is 0 Å². The first-order chi connectivity index (χ1) is 5.74. The van der Waals surface area contributed by atoms with Gasteiger partial charge in [0.25, 0.3) is 0 Å². The third kappa shape index (κ3) is 3.34. The fourth-order valence-corrected chi connectivity index (χ4v) is 0.768. The van der Waals surface area contributed by atoms with E-state index in [2.05, 4.69) is 0 Å². The van der Waals surface area contributed by atoms with Gasteiger partial charge in [0.2, 0.25) is 0 Å². The average molecular weight is 202 g/mol. The van der Waals surface area contributed by atoms with Crippen LogP contribution < -0.4 is 10.5 Å². The number of hydrogen-bond acceptors (Lipinski definition) is 3. The van der Waals surface area contributed by atoms with Crippen molar-refractivity contribution in [2.45, 2.75) is 13.3 Å². The van der Waals surface area contributed by atoms with E-state index in [0.717, 1.165) is 0 Å². The molecular weight excluding hydrogens is 190 g/mol. The molecule has 0 saturated carbocycles. The quantitative estimate of drug-likeness (QED) is 0.453. The van der Waals surface area contributed by atoms with Crippen molar-refractivity contribution < 1.29 is 9.53 Å². The molecule has 0 atom stereocenters. The van der Waals surface area contributed by atoms with Gasteiger partial charge in [-0.3, -0.25) is 4.79 Å². The summed E-state index contributed by atoms with van der Waals surface area (Å²) in [6.07, 6.45) is 0.355. The monoisotopic (exact) mass is 201 g/mol. The first kappa shape index (κ1) is 11.8. The fourth-order valence-electron chi connectivity index (χ4n) is 0.768. The van der Waals surface area contributed by atoms with E-state index in [1.165, 1.54) is 0 Å². The number of esters is 1. The Kier molecular flexibility index (Phi) is 4.92. The summed E-state index contributed by atoms with van der Waals surface area (Å²) in [7, 11) is 0. The Labute approximate surface area is 83.3 Å². The summed E-state index contributed by atoms with van der Waals surface area (Å²) in [6.45, 7) is 1.74. The van der Waals surface area contributed by atoms with Gasteiger partial charge in [-0.15, -0.1) is 12.4 Å². The third-order valence-corrected chi connectivity index (χ3v) is 1.43. The van der Waals surface area contributed by atoms with Crippen LogP contribution >= 0.6 is 12.4 Å². The van der Waals surface area contributed by atoms with Crippen molar-refractivity contribution in [2.24, 2.45) is 0 Å². The number of para-hydroxylation sites is 2. The van der Waals surface area contributed by atoms with E-state index in [-0.39, 0.29) is 18.4 Å². The van der Waals surface area contributed by atoms with Gasteiger partial charge in [-0.2, -0.15) is 0 Å². The van der Waals surface area contributed by atoms with Crippen molar-refractivity contribution in [1.29, 1.82) is 0 Å². The first-order valence-electron chi connectivity index (χ1n) is 3.79. The number of nitrogen functional groups attached to an aromatic ring is 1. The van der Waals surface area contributed by atoms with Crippen LogP contribution in [-0.4, -0.2) is 5.97 Å². The molecule has 13 heavy (non-hydrogen) atoms. The molecule has 3 nitrogen and oxygen atoms in total. The van der Waals surface area contributed by atoms with Crippen molar-refractivity contribution in [2.75, 3.05) is 5.73 Å². The van der Waals surface area contributed by atoms with Crippen molar-refractivity contribution >= 4 is 24.1 Å². The Morgan fingerprint density at radius 1 is 1.46 bits per heavy atom. The number of ether oxygens (including phenoxy) is 1. The molecule has 0 bridgehead atoms. The maximum absolute atomic E-state index is 10.9. The number of nitrogens with two attached hydrogens (primary N) is 1. The van der Waals surface area contributed by atoms with Crippen molar-refractivity contribution in [3.8, 4) is 5.75 Å². The molecule has 4 heteroatoms. The summed E-state index contributed by atoms with van der Waals surface area (Å²) >= 11 is 0. The third-order valence-electron chi connectivity index (χ3n) is 1.43. The minimum Gasteiger partial charge on any atom is -0.424 e. The van der Waals surface area contributed by atoms with Crippen LogP contribution in [0.3, 0.4) is 0 Å². The number of benzene rings is 1. The second-order valence-electron chi connectivity index (χ2n) is 2.37. The zero-order valence-electron chi connectivity index (χ0n) is 7.32.